The van der Waals surface area contributed by atoms with Gasteiger partial charge in [-0.15, -0.1) is 11.8 Å². The molecule has 0 saturated carbocycles. The number of hydrogen-bond acceptors (Lipinski definition) is 4. The van der Waals surface area contributed by atoms with Gasteiger partial charge in [-0.1, -0.05) is 25.7 Å². The predicted molar refractivity (Wildman–Crippen MR) is 95.8 cm³/mol. The molecule has 0 spiro atoms. The van der Waals surface area contributed by atoms with Crippen LogP contribution in [-0.2, 0) is 6.54 Å². The molecule has 3 nitrogen and oxygen atoms in total. The Labute approximate surface area is 139 Å². The lowest BCUT2D eigenvalue weighted by molar-refractivity contribution is 0.274. The van der Waals surface area contributed by atoms with Crippen molar-refractivity contribution >= 4 is 11.8 Å². The van der Waals surface area contributed by atoms with E-state index < -0.39 is 0 Å². The SMILES string of the molecule is COc1ccc2c(c1)CN(CCCCCCCCN)CCS2. The first kappa shape index (κ1) is 17.6. The van der Waals surface area contributed by atoms with Crippen molar-refractivity contribution in [3.8, 4) is 5.75 Å². The number of nitrogens with two attached hydrogens (primary N) is 1. The molecule has 0 aliphatic carbocycles. The topological polar surface area (TPSA) is 38.5 Å². The highest BCUT2D eigenvalue weighted by Crippen LogP contribution is 2.30. The van der Waals surface area contributed by atoms with Gasteiger partial charge in [0.2, 0.25) is 0 Å². The minimum absolute atomic E-state index is 0.842. The number of fused-ring (bicyclic) bond motifs is 1. The van der Waals surface area contributed by atoms with Crippen LogP contribution in [0.15, 0.2) is 23.1 Å². The van der Waals surface area contributed by atoms with Gasteiger partial charge < -0.3 is 10.5 Å². The average Bonchev–Trinajstić information content (AvgIpc) is 2.75. The van der Waals surface area contributed by atoms with Crippen LogP contribution in [-0.4, -0.2) is 37.4 Å². The summed E-state index contributed by atoms with van der Waals surface area (Å²) in [5, 5.41) is 0. The first-order valence-electron chi connectivity index (χ1n) is 8.55. The summed E-state index contributed by atoms with van der Waals surface area (Å²) < 4.78 is 5.36. The largest absolute Gasteiger partial charge is 0.497 e. The van der Waals surface area contributed by atoms with Crippen molar-refractivity contribution < 1.29 is 4.74 Å². The standard InChI is InChI=1S/C18H30N2OS/c1-21-17-8-9-18-16(14-17)15-20(12-13-22-18)11-7-5-3-2-4-6-10-19/h8-9,14H,2-7,10-13,15,19H2,1H3. The van der Waals surface area contributed by atoms with E-state index in [4.69, 9.17) is 10.5 Å². The molecule has 2 N–H and O–H groups in total. The molecule has 1 aromatic carbocycles. The molecule has 0 aromatic heterocycles. The quantitative estimate of drug-likeness (QED) is 0.700. The Morgan fingerprint density at radius 3 is 2.68 bits per heavy atom. The van der Waals surface area contributed by atoms with E-state index in [1.165, 1.54) is 67.8 Å². The Kier molecular flexibility index (Phi) is 8.13. The van der Waals surface area contributed by atoms with E-state index in [0.29, 0.717) is 0 Å². The van der Waals surface area contributed by atoms with Crippen LogP contribution in [0.4, 0.5) is 0 Å². The Balaban J connectivity index is 1.73. The van der Waals surface area contributed by atoms with Gasteiger partial charge in [0.25, 0.3) is 0 Å². The van der Waals surface area contributed by atoms with E-state index in [9.17, 15) is 0 Å². The van der Waals surface area contributed by atoms with Crippen LogP contribution in [0.3, 0.4) is 0 Å². The third-order valence-electron chi connectivity index (χ3n) is 4.26. The van der Waals surface area contributed by atoms with Crippen LogP contribution < -0.4 is 10.5 Å². The molecule has 1 aromatic rings. The normalized spacial score (nSPS) is 15.4. The minimum Gasteiger partial charge on any atom is -0.497 e. The third-order valence-corrected chi connectivity index (χ3v) is 5.35. The number of ether oxygens (including phenoxy) is 1. The molecule has 0 fully saturated rings. The Morgan fingerprint density at radius 1 is 1.14 bits per heavy atom. The molecule has 1 aliphatic rings. The lowest BCUT2D eigenvalue weighted by Gasteiger charge is -2.20. The van der Waals surface area contributed by atoms with Gasteiger partial charge in [-0.2, -0.15) is 0 Å². The molecule has 0 amide bonds. The van der Waals surface area contributed by atoms with Gasteiger partial charge in [-0.25, -0.2) is 0 Å². The number of thioether (sulfide) groups is 1. The summed E-state index contributed by atoms with van der Waals surface area (Å²) in [6, 6.07) is 6.48. The first-order valence-corrected chi connectivity index (χ1v) is 9.54. The molecule has 0 bridgehead atoms. The lowest BCUT2D eigenvalue weighted by atomic mass is 10.1. The smallest absolute Gasteiger partial charge is 0.119 e. The maximum atomic E-state index is 5.52. The predicted octanol–water partition coefficient (Wildman–Crippen LogP) is 3.90. The molecule has 0 saturated heterocycles. The second-order valence-corrected chi connectivity index (χ2v) is 7.15. The van der Waals surface area contributed by atoms with E-state index >= 15 is 0 Å². The van der Waals surface area contributed by atoms with Crippen LogP contribution in [0.5, 0.6) is 5.75 Å². The van der Waals surface area contributed by atoms with Gasteiger partial charge in [0.1, 0.15) is 5.75 Å². The molecule has 22 heavy (non-hydrogen) atoms. The fourth-order valence-corrected chi connectivity index (χ4v) is 3.97. The summed E-state index contributed by atoms with van der Waals surface area (Å²) >= 11 is 1.98. The van der Waals surface area contributed by atoms with Gasteiger partial charge in [-0.05, 0) is 49.7 Å². The Morgan fingerprint density at radius 2 is 1.91 bits per heavy atom. The van der Waals surface area contributed by atoms with Gasteiger partial charge in [-0.3, -0.25) is 4.90 Å². The fraction of sp³-hybridized carbons (Fsp3) is 0.667. The zero-order valence-corrected chi connectivity index (χ0v) is 14.7. The van der Waals surface area contributed by atoms with Crippen molar-refractivity contribution in [2.75, 3.05) is 32.5 Å². The monoisotopic (exact) mass is 322 g/mol. The summed E-state index contributed by atoms with van der Waals surface area (Å²) in [5.41, 5.74) is 6.94. The molecule has 4 heteroatoms. The molecule has 0 atom stereocenters. The van der Waals surface area contributed by atoms with E-state index in [-0.39, 0.29) is 0 Å². The fourth-order valence-electron chi connectivity index (χ4n) is 2.93. The Bertz CT molecular complexity index is 439. The number of nitrogens with zero attached hydrogens (tertiary/aromatic N) is 1. The van der Waals surface area contributed by atoms with Crippen LogP contribution >= 0.6 is 11.8 Å². The van der Waals surface area contributed by atoms with Crippen LogP contribution in [0.25, 0.3) is 0 Å². The van der Waals surface area contributed by atoms with Crippen LogP contribution in [0, 0.1) is 0 Å². The molecule has 1 aliphatic heterocycles. The number of rotatable bonds is 9. The van der Waals surface area contributed by atoms with E-state index in [0.717, 1.165) is 18.8 Å². The van der Waals surface area contributed by atoms with Crippen LogP contribution in [0.1, 0.15) is 44.1 Å². The number of unbranched alkanes of at least 4 members (excludes halogenated alkanes) is 5. The maximum absolute atomic E-state index is 5.52. The number of methoxy groups -OCH3 is 1. The maximum Gasteiger partial charge on any atom is 0.119 e. The van der Waals surface area contributed by atoms with Crippen molar-refractivity contribution in [1.29, 1.82) is 0 Å². The molecule has 124 valence electrons. The first-order chi connectivity index (χ1) is 10.8. The van der Waals surface area contributed by atoms with Gasteiger partial charge in [0.05, 0.1) is 7.11 Å². The minimum atomic E-state index is 0.842. The van der Waals surface area contributed by atoms with Crippen molar-refractivity contribution in [2.24, 2.45) is 5.73 Å². The third kappa shape index (κ3) is 5.82. The van der Waals surface area contributed by atoms with E-state index in [1.54, 1.807) is 7.11 Å². The van der Waals surface area contributed by atoms with Crippen molar-refractivity contribution in [2.45, 2.75) is 50.0 Å². The van der Waals surface area contributed by atoms with Gasteiger partial charge >= 0.3 is 0 Å². The highest BCUT2D eigenvalue weighted by Gasteiger charge is 2.15. The van der Waals surface area contributed by atoms with Gasteiger partial charge in [0, 0.05) is 23.7 Å². The molecule has 2 rings (SSSR count). The highest BCUT2D eigenvalue weighted by atomic mass is 32.2. The van der Waals surface area contributed by atoms with Crippen molar-refractivity contribution in [1.82, 2.24) is 4.90 Å². The number of benzene rings is 1. The zero-order valence-electron chi connectivity index (χ0n) is 13.9. The molecular weight excluding hydrogens is 292 g/mol. The second kappa shape index (κ2) is 10.1. The lowest BCUT2D eigenvalue weighted by Crippen LogP contribution is -2.25. The average molecular weight is 323 g/mol. The Hall–Kier alpha value is -0.710. The summed E-state index contributed by atoms with van der Waals surface area (Å²) in [7, 11) is 1.74. The molecular formula is C18H30N2OS. The molecule has 0 radical (unpaired) electrons. The van der Waals surface area contributed by atoms with E-state index in [1.807, 2.05) is 11.8 Å². The van der Waals surface area contributed by atoms with Crippen molar-refractivity contribution in [3.63, 3.8) is 0 Å². The summed E-state index contributed by atoms with van der Waals surface area (Å²) in [5.74, 6) is 2.16. The van der Waals surface area contributed by atoms with Crippen molar-refractivity contribution in [3.05, 3.63) is 23.8 Å². The summed E-state index contributed by atoms with van der Waals surface area (Å²) in [4.78, 5) is 4.02. The van der Waals surface area contributed by atoms with E-state index in [2.05, 4.69) is 23.1 Å². The van der Waals surface area contributed by atoms with Gasteiger partial charge in [0.15, 0.2) is 0 Å². The number of hydrogen-bond donors (Lipinski definition) is 1. The summed E-state index contributed by atoms with van der Waals surface area (Å²) in [6.07, 6.45) is 7.83. The van der Waals surface area contributed by atoms with Crippen LogP contribution in [0.2, 0.25) is 0 Å². The summed E-state index contributed by atoms with van der Waals surface area (Å²) in [6.45, 7) is 4.31. The zero-order chi connectivity index (χ0) is 15.6. The second-order valence-electron chi connectivity index (χ2n) is 6.01. The molecule has 0 unspecified atom stereocenters. The molecule has 1 heterocycles. The highest BCUT2D eigenvalue weighted by molar-refractivity contribution is 7.99.